The summed E-state index contributed by atoms with van der Waals surface area (Å²) < 4.78 is 4.77. The van der Waals surface area contributed by atoms with Gasteiger partial charge in [0.2, 0.25) is 5.91 Å². The van der Waals surface area contributed by atoms with E-state index in [1.54, 1.807) is 0 Å². The number of esters is 1. The number of carbonyl (C=O) groups excluding carboxylic acids is 2. The van der Waals surface area contributed by atoms with Crippen LogP contribution in [-0.4, -0.2) is 37.0 Å². The van der Waals surface area contributed by atoms with E-state index in [1.807, 2.05) is 11.9 Å². The molecule has 0 aromatic carbocycles. The Morgan fingerprint density at radius 2 is 1.78 bits per heavy atom. The van der Waals surface area contributed by atoms with Crippen molar-refractivity contribution in [2.24, 2.45) is 11.8 Å². The van der Waals surface area contributed by atoms with E-state index in [0.717, 1.165) is 25.7 Å². The van der Waals surface area contributed by atoms with Crippen molar-refractivity contribution in [1.29, 1.82) is 0 Å². The summed E-state index contributed by atoms with van der Waals surface area (Å²) in [5, 5.41) is 0. The van der Waals surface area contributed by atoms with Gasteiger partial charge in [0, 0.05) is 19.5 Å². The first-order valence-electron chi connectivity index (χ1n) is 6.79. The number of nitrogens with zero attached hydrogens (tertiary/aromatic N) is 1. The van der Waals surface area contributed by atoms with Crippen LogP contribution in [0.2, 0.25) is 0 Å². The van der Waals surface area contributed by atoms with E-state index in [2.05, 4.69) is 13.8 Å². The molecule has 1 rings (SSSR count). The van der Waals surface area contributed by atoms with Crippen LogP contribution in [0.25, 0.3) is 0 Å². The quantitative estimate of drug-likeness (QED) is 0.724. The van der Waals surface area contributed by atoms with Crippen molar-refractivity contribution < 1.29 is 14.3 Å². The highest BCUT2D eigenvalue weighted by Gasteiger charge is 2.30. The molecule has 0 aromatic heterocycles. The van der Waals surface area contributed by atoms with Crippen molar-refractivity contribution >= 4 is 11.9 Å². The first-order valence-corrected chi connectivity index (χ1v) is 6.79. The SMILES string of the molecule is COC(=O)C1CCC(N(C)C(=O)CC(C)C)CC1. The van der Waals surface area contributed by atoms with Gasteiger partial charge in [0.15, 0.2) is 0 Å². The lowest BCUT2D eigenvalue weighted by atomic mass is 9.85. The van der Waals surface area contributed by atoms with Crippen LogP contribution in [0.3, 0.4) is 0 Å². The summed E-state index contributed by atoms with van der Waals surface area (Å²) in [7, 11) is 3.32. The van der Waals surface area contributed by atoms with Crippen LogP contribution in [0.4, 0.5) is 0 Å². The zero-order valence-electron chi connectivity index (χ0n) is 11.9. The second-order valence-electron chi connectivity index (χ2n) is 5.63. The van der Waals surface area contributed by atoms with Crippen molar-refractivity contribution in [3.63, 3.8) is 0 Å². The minimum atomic E-state index is -0.107. The number of methoxy groups -OCH3 is 1. The fourth-order valence-electron chi connectivity index (χ4n) is 2.56. The molecule has 4 heteroatoms. The van der Waals surface area contributed by atoms with Crippen molar-refractivity contribution in [1.82, 2.24) is 4.90 Å². The molecule has 1 aliphatic carbocycles. The molecule has 0 atom stereocenters. The third-order valence-electron chi connectivity index (χ3n) is 3.76. The van der Waals surface area contributed by atoms with E-state index in [1.165, 1.54) is 7.11 Å². The zero-order valence-corrected chi connectivity index (χ0v) is 11.9. The maximum Gasteiger partial charge on any atom is 0.308 e. The second kappa shape index (κ2) is 6.76. The van der Waals surface area contributed by atoms with E-state index < -0.39 is 0 Å². The number of amides is 1. The first-order chi connectivity index (χ1) is 8.45. The maximum absolute atomic E-state index is 12.0. The molecule has 0 unspecified atom stereocenters. The fraction of sp³-hybridized carbons (Fsp3) is 0.857. The van der Waals surface area contributed by atoms with Crippen LogP contribution < -0.4 is 0 Å². The lowest BCUT2D eigenvalue weighted by molar-refractivity contribution is -0.147. The Kier molecular flexibility index (Phi) is 5.63. The number of rotatable bonds is 4. The lowest BCUT2D eigenvalue weighted by Gasteiger charge is -2.34. The molecule has 18 heavy (non-hydrogen) atoms. The number of ether oxygens (including phenoxy) is 1. The van der Waals surface area contributed by atoms with Crippen molar-refractivity contribution in [3.8, 4) is 0 Å². The molecule has 1 fully saturated rings. The van der Waals surface area contributed by atoms with Crippen molar-refractivity contribution in [3.05, 3.63) is 0 Å². The molecule has 4 nitrogen and oxygen atoms in total. The summed E-state index contributed by atoms with van der Waals surface area (Å²) in [6.07, 6.45) is 4.07. The van der Waals surface area contributed by atoms with Crippen LogP contribution in [0.1, 0.15) is 46.0 Å². The highest BCUT2D eigenvalue weighted by Crippen LogP contribution is 2.28. The predicted octanol–water partition coefficient (Wildman–Crippen LogP) is 2.22. The Balaban J connectivity index is 2.42. The summed E-state index contributed by atoms with van der Waals surface area (Å²) >= 11 is 0. The number of hydrogen-bond donors (Lipinski definition) is 0. The lowest BCUT2D eigenvalue weighted by Crippen LogP contribution is -2.40. The van der Waals surface area contributed by atoms with Crippen LogP contribution >= 0.6 is 0 Å². The molecule has 104 valence electrons. The minimum Gasteiger partial charge on any atom is -0.469 e. The average Bonchev–Trinajstić information content (AvgIpc) is 2.36. The highest BCUT2D eigenvalue weighted by molar-refractivity contribution is 5.76. The fourth-order valence-corrected chi connectivity index (χ4v) is 2.56. The van der Waals surface area contributed by atoms with Gasteiger partial charge in [-0.05, 0) is 31.6 Å². The van der Waals surface area contributed by atoms with Crippen LogP contribution in [0.5, 0.6) is 0 Å². The Morgan fingerprint density at radius 1 is 1.22 bits per heavy atom. The third kappa shape index (κ3) is 4.00. The largest absolute Gasteiger partial charge is 0.469 e. The van der Waals surface area contributed by atoms with E-state index >= 15 is 0 Å². The normalized spacial score (nSPS) is 23.8. The van der Waals surface area contributed by atoms with Crippen LogP contribution in [0, 0.1) is 11.8 Å². The van der Waals surface area contributed by atoms with E-state index in [4.69, 9.17) is 4.74 Å². The van der Waals surface area contributed by atoms with Crippen molar-refractivity contribution in [2.75, 3.05) is 14.2 Å². The summed E-state index contributed by atoms with van der Waals surface area (Å²) in [4.78, 5) is 25.2. The summed E-state index contributed by atoms with van der Waals surface area (Å²) in [5.41, 5.74) is 0. The third-order valence-corrected chi connectivity index (χ3v) is 3.76. The standard InChI is InChI=1S/C14H25NO3/c1-10(2)9-13(16)15(3)12-7-5-11(6-8-12)14(17)18-4/h10-12H,5-9H2,1-4H3. The Hall–Kier alpha value is -1.06. The van der Waals surface area contributed by atoms with Gasteiger partial charge in [-0.15, -0.1) is 0 Å². The van der Waals surface area contributed by atoms with Gasteiger partial charge in [-0.1, -0.05) is 13.8 Å². The van der Waals surface area contributed by atoms with Gasteiger partial charge in [0.1, 0.15) is 0 Å². The van der Waals surface area contributed by atoms with Gasteiger partial charge >= 0.3 is 5.97 Å². The van der Waals surface area contributed by atoms with Crippen LogP contribution in [-0.2, 0) is 14.3 Å². The molecule has 0 spiro atoms. The molecule has 1 aliphatic rings. The van der Waals surface area contributed by atoms with Gasteiger partial charge in [-0.3, -0.25) is 9.59 Å². The maximum atomic E-state index is 12.0. The smallest absolute Gasteiger partial charge is 0.308 e. The molecule has 0 N–H and O–H groups in total. The summed E-state index contributed by atoms with van der Waals surface area (Å²) in [5.74, 6) is 0.530. The number of hydrogen-bond acceptors (Lipinski definition) is 3. The summed E-state index contributed by atoms with van der Waals surface area (Å²) in [6, 6.07) is 0.289. The molecule has 0 aliphatic heterocycles. The monoisotopic (exact) mass is 255 g/mol. The average molecular weight is 255 g/mol. The van der Waals surface area contributed by atoms with Gasteiger partial charge in [0.05, 0.1) is 13.0 Å². The summed E-state index contributed by atoms with van der Waals surface area (Å²) in [6.45, 7) is 4.11. The topological polar surface area (TPSA) is 46.6 Å². The highest BCUT2D eigenvalue weighted by atomic mass is 16.5. The van der Waals surface area contributed by atoms with E-state index in [-0.39, 0.29) is 23.8 Å². The molecular formula is C14H25NO3. The Morgan fingerprint density at radius 3 is 2.22 bits per heavy atom. The molecule has 0 bridgehead atoms. The molecule has 0 saturated heterocycles. The zero-order chi connectivity index (χ0) is 13.7. The van der Waals surface area contributed by atoms with E-state index in [9.17, 15) is 9.59 Å². The van der Waals surface area contributed by atoms with Crippen molar-refractivity contribution in [2.45, 2.75) is 52.0 Å². The van der Waals surface area contributed by atoms with Gasteiger partial charge < -0.3 is 9.64 Å². The molecule has 0 aromatic rings. The minimum absolute atomic E-state index is 0.0276. The molecular weight excluding hydrogens is 230 g/mol. The van der Waals surface area contributed by atoms with Crippen LogP contribution in [0.15, 0.2) is 0 Å². The molecule has 1 saturated carbocycles. The molecule has 1 amide bonds. The second-order valence-corrected chi connectivity index (χ2v) is 5.63. The van der Waals surface area contributed by atoms with Gasteiger partial charge in [-0.2, -0.15) is 0 Å². The molecule has 0 radical (unpaired) electrons. The van der Waals surface area contributed by atoms with Gasteiger partial charge in [-0.25, -0.2) is 0 Å². The number of carbonyl (C=O) groups is 2. The Labute approximate surface area is 110 Å². The molecule has 0 heterocycles. The predicted molar refractivity (Wildman–Crippen MR) is 70.0 cm³/mol. The van der Waals surface area contributed by atoms with E-state index in [0.29, 0.717) is 12.3 Å². The first kappa shape index (κ1) is 15.0. The Bertz CT molecular complexity index is 293. The van der Waals surface area contributed by atoms with Gasteiger partial charge in [0.25, 0.3) is 0 Å².